The van der Waals surface area contributed by atoms with Crippen molar-refractivity contribution in [3.05, 3.63) is 29.8 Å². The minimum absolute atomic E-state index is 0.0180. The van der Waals surface area contributed by atoms with E-state index in [4.69, 9.17) is 5.73 Å². The quantitative estimate of drug-likeness (QED) is 0.648. The molecule has 0 heterocycles. The highest BCUT2D eigenvalue weighted by atomic mass is 19.1. The lowest BCUT2D eigenvalue weighted by molar-refractivity contribution is 0.447. The van der Waals surface area contributed by atoms with E-state index in [0.717, 1.165) is 11.3 Å². The van der Waals surface area contributed by atoms with Crippen molar-refractivity contribution < 1.29 is 4.39 Å². The average Bonchev–Trinajstić information content (AvgIpc) is 2.05. The Kier molecular flexibility index (Phi) is 2.47. The Hall–Kier alpha value is -1.05. The standard InChI is InChI=1S/C9H12FN/c1-7(6-10)8-2-4-9(11)5-3-8/h2-5,7H,6,11H2,1H3. The number of rotatable bonds is 2. The predicted octanol–water partition coefficient (Wildman–Crippen LogP) is 2.34. The van der Waals surface area contributed by atoms with Crippen LogP contribution in [0.4, 0.5) is 10.1 Å². The predicted molar refractivity (Wildman–Crippen MR) is 45.2 cm³/mol. The molecule has 0 bridgehead atoms. The van der Waals surface area contributed by atoms with Gasteiger partial charge >= 0.3 is 0 Å². The van der Waals surface area contributed by atoms with Crippen molar-refractivity contribution in [2.75, 3.05) is 12.4 Å². The van der Waals surface area contributed by atoms with E-state index >= 15 is 0 Å². The maximum absolute atomic E-state index is 12.1. The molecule has 2 heteroatoms. The molecule has 0 fully saturated rings. The van der Waals surface area contributed by atoms with Crippen molar-refractivity contribution in [1.82, 2.24) is 0 Å². The number of hydrogen-bond acceptors (Lipinski definition) is 1. The van der Waals surface area contributed by atoms with Gasteiger partial charge in [-0.1, -0.05) is 19.1 Å². The Labute approximate surface area is 66.0 Å². The fourth-order valence-corrected chi connectivity index (χ4v) is 0.914. The van der Waals surface area contributed by atoms with E-state index in [0.29, 0.717) is 0 Å². The highest BCUT2D eigenvalue weighted by Crippen LogP contribution is 2.16. The van der Waals surface area contributed by atoms with E-state index in [1.807, 2.05) is 19.1 Å². The molecule has 1 rings (SSSR count). The van der Waals surface area contributed by atoms with Crippen molar-refractivity contribution in [1.29, 1.82) is 0 Å². The largest absolute Gasteiger partial charge is 0.399 e. The number of nitrogens with two attached hydrogens (primary N) is 1. The minimum Gasteiger partial charge on any atom is -0.399 e. The Balaban J connectivity index is 2.81. The molecular formula is C9H12FN. The Bertz CT molecular complexity index is 218. The molecule has 2 N–H and O–H groups in total. The number of alkyl halides is 1. The molecule has 0 aliphatic heterocycles. The van der Waals surface area contributed by atoms with Crippen LogP contribution in [-0.4, -0.2) is 6.67 Å². The minimum atomic E-state index is -0.316. The molecule has 0 aliphatic carbocycles. The topological polar surface area (TPSA) is 26.0 Å². The van der Waals surface area contributed by atoms with Gasteiger partial charge in [0, 0.05) is 11.6 Å². The monoisotopic (exact) mass is 153 g/mol. The van der Waals surface area contributed by atoms with Gasteiger partial charge in [-0.15, -0.1) is 0 Å². The number of benzene rings is 1. The maximum Gasteiger partial charge on any atom is 0.0960 e. The first-order valence-electron chi connectivity index (χ1n) is 3.65. The van der Waals surface area contributed by atoms with E-state index in [9.17, 15) is 4.39 Å². The van der Waals surface area contributed by atoms with Gasteiger partial charge in [0.2, 0.25) is 0 Å². The summed E-state index contributed by atoms with van der Waals surface area (Å²) in [6, 6.07) is 7.31. The summed E-state index contributed by atoms with van der Waals surface area (Å²) >= 11 is 0. The average molecular weight is 153 g/mol. The molecule has 0 amide bonds. The molecule has 0 radical (unpaired) electrons. The fraction of sp³-hybridized carbons (Fsp3) is 0.333. The molecule has 0 aromatic heterocycles. The fourth-order valence-electron chi connectivity index (χ4n) is 0.914. The summed E-state index contributed by atoms with van der Waals surface area (Å²) in [4.78, 5) is 0. The maximum atomic E-state index is 12.1. The first-order valence-corrected chi connectivity index (χ1v) is 3.65. The van der Waals surface area contributed by atoms with E-state index in [2.05, 4.69) is 0 Å². The Morgan fingerprint density at radius 2 is 1.91 bits per heavy atom. The van der Waals surface area contributed by atoms with Crippen LogP contribution in [0.5, 0.6) is 0 Å². The zero-order chi connectivity index (χ0) is 8.27. The zero-order valence-corrected chi connectivity index (χ0v) is 6.55. The highest BCUT2D eigenvalue weighted by molar-refractivity contribution is 5.40. The van der Waals surface area contributed by atoms with Crippen LogP contribution in [0.3, 0.4) is 0 Å². The molecule has 0 saturated heterocycles. The first-order chi connectivity index (χ1) is 5.24. The molecule has 1 unspecified atom stereocenters. The smallest absolute Gasteiger partial charge is 0.0960 e. The molecule has 0 aliphatic rings. The molecule has 0 saturated carbocycles. The third kappa shape index (κ3) is 1.93. The van der Waals surface area contributed by atoms with Gasteiger partial charge in [0.25, 0.3) is 0 Å². The summed E-state index contributed by atoms with van der Waals surface area (Å²) in [6.45, 7) is 1.54. The lowest BCUT2D eigenvalue weighted by Crippen LogP contribution is -1.95. The van der Waals surface area contributed by atoms with Crippen LogP contribution >= 0.6 is 0 Å². The second-order valence-electron chi connectivity index (χ2n) is 2.72. The van der Waals surface area contributed by atoms with Crippen LogP contribution in [0.2, 0.25) is 0 Å². The molecule has 1 atom stereocenters. The van der Waals surface area contributed by atoms with Crippen molar-refractivity contribution in [2.24, 2.45) is 0 Å². The van der Waals surface area contributed by atoms with Gasteiger partial charge in [-0.3, -0.25) is 4.39 Å². The summed E-state index contributed by atoms with van der Waals surface area (Å²) in [6.07, 6.45) is 0. The van der Waals surface area contributed by atoms with Gasteiger partial charge in [-0.25, -0.2) is 0 Å². The summed E-state index contributed by atoms with van der Waals surface area (Å²) in [5, 5.41) is 0. The van der Waals surface area contributed by atoms with Crippen LogP contribution in [0.25, 0.3) is 0 Å². The molecular weight excluding hydrogens is 141 g/mol. The van der Waals surface area contributed by atoms with Gasteiger partial charge in [-0.05, 0) is 17.7 Å². The number of anilines is 1. The van der Waals surface area contributed by atoms with Gasteiger partial charge in [-0.2, -0.15) is 0 Å². The molecule has 1 aromatic carbocycles. The molecule has 11 heavy (non-hydrogen) atoms. The highest BCUT2D eigenvalue weighted by Gasteiger charge is 2.02. The number of nitrogen functional groups attached to an aromatic ring is 1. The van der Waals surface area contributed by atoms with E-state index in [1.165, 1.54) is 0 Å². The first kappa shape index (κ1) is 8.05. The van der Waals surface area contributed by atoms with E-state index in [1.54, 1.807) is 12.1 Å². The third-order valence-corrected chi connectivity index (χ3v) is 1.74. The summed E-state index contributed by atoms with van der Waals surface area (Å²) in [5.41, 5.74) is 7.20. The van der Waals surface area contributed by atoms with Crippen LogP contribution < -0.4 is 5.73 Å². The third-order valence-electron chi connectivity index (χ3n) is 1.74. The van der Waals surface area contributed by atoms with E-state index < -0.39 is 0 Å². The van der Waals surface area contributed by atoms with Gasteiger partial charge in [0.05, 0.1) is 6.67 Å². The van der Waals surface area contributed by atoms with Crippen molar-refractivity contribution in [3.8, 4) is 0 Å². The van der Waals surface area contributed by atoms with Crippen molar-refractivity contribution in [2.45, 2.75) is 12.8 Å². The van der Waals surface area contributed by atoms with Crippen LogP contribution in [-0.2, 0) is 0 Å². The van der Waals surface area contributed by atoms with Gasteiger partial charge < -0.3 is 5.73 Å². The summed E-state index contributed by atoms with van der Waals surface area (Å²) in [7, 11) is 0. The van der Waals surface area contributed by atoms with Gasteiger partial charge in [0.15, 0.2) is 0 Å². The Morgan fingerprint density at radius 1 is 1.36 bits per heavy atom. The second-order valence-corrected chi connectivity index (χ2v) is 2.72. The molecule has 0 spiro atoms. The number of hydrogen-bond donors (Lipinski definition) is 1. The normalized spacial score (nSPS) is 12.9. The van der Waals surface area contributed by atoms with Crippen molar-refractivity contribution in [3.63, 3.8) is 0 Å². The van der Waals surface area contributed by atoms with Gasteiger partial charge in [0.1, 0.15) is 0 Å². The number of halogens is 1. The Morgan fingerprint density at radius 3 is 2.36 bits per heavy atom. The SMILES string of the molecule is CC(CF)c1ccc(N)cc1. The van der Waals surface area contributed by atoms with Crippen LogP contribution in [0, 0.1) is 0 Å². The lowest BCUT2D eigenvalue weighted by Gasteiger charge is -2.05. The summed E-state index contributed by atoms with van der Waals surface area (Å²) in [5.74, 6) is -0.0180. The molecule has 60 valence electrons. The molecule has 1 nitrogen and oxygen atoms in total. The molecule has 1 aromatic rings. The second kappa shape index (κ2) is 3.37. The summed E-state index contributed by atoms with van der Waals surface area (Å²) < 4.78 is 12.1. The van der Waals surface area contributed by atoms with Crippen LogP contribution in [0.1, 0.15) is 18.4 Å². The zero-order valence-electron chi connectivity index (χ0n) is 6.55. The van der Waals surface area contributed by atoms with Crippen LogP contribution in [0.15, 0.2) is 24.3 Å². The lowest BCUT2D eigenvalue weighted by atomic mass is 10.0. The van der Waals surface area contributed by atoms with E-state index in [-0.39, 0.29) is 12.6 Å². The van der Waals surface area contributed by atoms with Crippen molar-refractivity contribution >= 4 is 5.69 Å².